The number of carbonyl (C=O) groups excluding carboxylic acids is 1. The summed E-state index contributed by atoms with van der Waals surface area (Å²) in [6, 6.07) is 13.3. The molecule has 6 heteroatoms. The molecule has 0 fully saturated rings. The van der Waals surface area contributed by atoms with Crippen LogP contribution in [0.15, 0.2) is 67.3 Å². The van der Waals surface area contributed by atoms with Crippen LogP contribution in [0.5, 0.6) is 0 Å². The van der Waals surface area contributed by atoms with Crippen molar-refractivity contribution in [2.24, 2.45) is 0 Å². The van der Waals surface area contributed by atoms with Crippen LogP contribution in [0.4, 0.5) is 4.79 Å². The molecule has 0 atom stereocenters. The predicted molar refractivity (Wildman–Crippen MR) is 115 cm³/mol. The van der Waals surface area contributed by atoms with Crippen LogP contribution >= 0.6 is 11.6 Å². The summed E-state index contributed by atoms with van der Waals surface area (Å²) in [5, 5.41) is 1.44. The highest BCUT2D eigenvalue weighted by Crippen LogP contribution is 2.36. The van der Waals surface area contributed by atoms with Gasteiger partial charge in [0, 0.05) is 41.3 Å². The number of fused-ring (bicyclic) bond motifs is 1. The molecule has 0 aliphatic rings. The van der Waals surface area contributed by atoms with Gasteiger partial charge in [-0.2, -0.15) is 0 Å². The van der Waals surface area contributed by atoms with E-state index in [9.17, 15) is 4.79 Å². The SMILES string of the molecule is CC(C)(C)OC(=O)n1c(-c2ccncc2)cc2cc(-c3ccncc3)c(Cl)cc21. The fraction of sp³-hybridized carbons (Fsp3) is 0.174. The molecule has 4 rings (SSSR count). The van der Waals surface area contributed by atoms with E-state index in [1.807, 2.05) is 57.2 Å². The molecule has 0 unspecified atom stereocenters. The fourth-order valence-corrected chi connectivity index (χ4v) is 3.49. The molecule has 1 aromatic carbocycles. The molecule has 3 heterocycles. The van der Waals surface area contributed by atoms with E-state index in [0.717, 1.165) is 27.8 Å². The van der Waals surface area contributed by atoms with Gasteiger partial charge < -0.3 is 4.74 Å². The maximum Gasteiger partial charge on any atom is 0.419 e. The number of rotatable bonds is 2. The minimum Gasteiger partial charge on any atom is -0.443 e. The van der Waals surface area contributed by atoms with E-state index in [1.54, 1.807) is 35.4 Å². The van der Waals surface area contributed by atoms with Gasteiger partial charge in [0.1, 0.15) is 5.60 Å². The van der Waals surface area contributed by atoms with Gasteiger partial charge in [0.2, 0.25) is 0 Å². The normalized spacial score (nSPS) is 11.6. The van der Waals surface area contributed by atoms with Gasteiger partial charge in [-0.25, -0.2) is 9.36 Å². The molecule has 29 heavy (non-hydrogen) atoms. The Morgan fingerprint density at radius 1 is 0.931 bits per heavy atom. The number of pyridine rings is 2. The Balaban J connectivity index is 1.95. The Kier molecular flexibility index (Phi) is 4.84. The van der Waals surface area contributed by atoms with E-state index in [4.69, 9.17) is 16.3 Å². The molecular formula is C23H20ClN3O2. The van der Waals surface area contributed by atoms with Gasteiger partial charge in [-0.3, -0.25) is 9.97 Å². The topological polar surface area (TPSA) is 57.0 Å². The van der Waals surface area contributed by atoms with Crippen molar-refractivity contribution in [2.75, 3.05) is 0 Å². The quantitative estimate of drug-likeness (QED) is 0.398. The highest BCUT2D eigenvalue weighted by molar-refractivity contribution is 6.34. The van der Waals surface area contributed by atoms with Gasteiger partial charge in [0.25, 0.3) is 0 Å². The van der Waals surface area contributed by atoms with E-state index < -0.39 is 11.7 Å². The first-order valence-electron chi connectivity index (χ1n) is 9.23. The van der Waals surface area contributed by atoms with Crippen LogP contribution in [0, 0.1) is 0 Å². The summed E-state index contributed by atoms with van der Waals surface area (Å²) in [5.74, 6) is 0. The molecule has 0 spiro atoms. The van der Waals surface area contributed by atoms with Gasteiger partial charge >= 0.3 is 6.09 Å². The van der Waals surface area contributed by atoms with Crippen LogP contribution in [-0.4, -0.2) is 26.2 Å². The van der Waals surface area contributed by atoms with Gasteiger partial charge in [-0.05, 0) is 68.8 Å². The average Bonchev–Trinajstić information content (AvgIpc) is 3.06. The van der Waals surface area contributed by atoms with Crippen molar-refractivity contribution in [1.82, 2.24) is 14.5 Å². The second kappa shape index (κ2) is 7.33. The molecule has 0 aliphatic carbocycles. The number of hydrogen-bond acceptors (Lipinski definition) is 4. The number of ether oxygens (including phenoxy) is 1. The van der Waals surface area contributed by atoms with Crippen LogP contribution in [0.25, 0.3) is 33.3 Å². The lowest BCUT2D eigenvalue weighted by Gasteiger charge is -2.21. The average molecular weight is 406 g/mol. The second-order valence-corrected chi connectivity index (χ2v) is 8.12. The molecule has 3 aromatic heterocycles. The standard InChI is InChI=1S/C23H20ClN3O2/c1-23(2,3)29-22(28)27-20(16-6-10-26-11-7-16)13-17-12-18(19(24)14-21(17)27)15-4-8-25-9-5-15/h4-14H,1-3H3. The van der Waals surface area contributed by atoms with Crippen LogP contribution in [0.1, 0.15) is 20.8 Å². The van der Waals surface area contributed by atoms with Gasteiger partial charge in [-0.15, -0.1) is 0 Å². The van der Waals surface area contributed by atoms with E-state index in [2.05, 4.69) is 9.97 Å². The number of nitrogens with zero attached hydrogens (tertiary/aromatic N) is 3. The molecule has 0 N–H and O–H groups in total. The van der Waals surface area contributed by atoms with Crippen molar-refractivity contribution in [1.29, 1.82) is 0 Å². The Labute approximate surface area is 173 Å². The summed E-state index contributed by atoms with van der Waals surface area (Å²) in [6.45, 7) is 5.53. The summed E-state index contributed by atoms with van der Waals surface area (Å²) in [4.78, 5) is 21.2. The summed E-state index contributed by atoms with van der Waals surface area (Å²) in [7, 11) is 0. The molecule has 0 amide bonds. The maximum atomic E-state index is 13.1. The van der Waals surface area contributed by atoms with Gasteiger partial charge in [0.05, 0.1) is 16.2 Å². The molecular weight excluding hydrogens is 386 g/mol. The van der Waals surface area contributed by atoms with Crippen molar-refractivity contribution >= 4 is 28.6 Å². The zero-order valence-electron chi connectivity index (χ0n) is 16.4. The smallest absolute Gasteiger partial charge is 0.419 e. The van der Waals surface area contributed by atoms with Crippen molar-refractivity contribution in [2.45, 2.75) is 26.4 Å². The lowest BCUT2D eigenvalue weighted by molar-refractivity contribution is 0.0547. The largest absolute Gasteiger partial charge is 0.443 e. The summed E-state index contributed by atoms with van der Waals surface area (Å²) < 4.78 is 7.23. The van der Waals surface area contributed by atoms with Crippen molar-refractivity contribution in [3.05, 3.63) is 72.3 Å². The van der Waals surface area contributed by atoms with Crippen molar-refractivity contribution in [3.63, 3.8) is 0 Å². The molecule has 0 saturated heterocycles. The third-order valence-corrected chi connectivity index (χ3v) is 4.75. The molecule has 4 aromatic rings. The Morgan fingerprint density at radius 2 is 1.52 bits per heavy atom. The Morgan fingerprint density at radius 3 is 2.10 bits per heavy atom. The molecule has 5 nitrogen and oxygen atoms in total. The monoisotopic (exact) mass is 405 g/mol. The molecule has 0 saturated carbocycles. The fourth-order valence-electron chi connectivity index (χ4n) is 3.22. The molecule has 0 aliphatic heterocycles. The van der Waals surface area contributed by atoms with Crippen molar-refractivity contribution < 1.29 is 9.53 Å². The van der Waals surface area contributed by atoms with Crippen LogP contribution in [0.3, 0.4) is 0 Å². The van der Waals surface area contributed by atoms with E-state index >= 15 is 0 Å². The van der Waals surface area contributed by atoms with Crippen molar-refractivity contribution in [3.8, 4) is 22.4 Å². The van der Waals surface area contributed by atoms with Gasteiger partial charge in [0.15, 0.2) is 0 Å². The first-order valence-corrected chi connectivity index (χ1v) is 9.60. The Hall–Kier alpha value is -3.18. The molecule has 0 radical (unpaired) electrons. The highest BCUT2D eigenvalue weighted by atomic mass is 35.5. The number of carbonyl (C=O) groups is 1. The minimum absolute atomic E-state index is 0.452. The third-order valence-electron chi connectivity index (χ3n) is 4.43. The number of aromatic nitrogens is 3. The van der Waals surface area contributed by atoms with E-state index in [-0.39, 0.29) is 0 Å². The maximum absolute atomic E-state index is 13.1. The highest BCUT2D eigenvalue weighted by Gasteiger charge is 2.23. The zero-order valence-corrected chi connectivity index (χ0v) is 17.1. The van der Waals surface area contributed by atoms with Crippen LogP contribution in [0.2, 0.25) is 5.02 Å². The molecule has 0 bridgehead atoms. The zero-order chi connectivity index (χ0) is 20.6. The van der Waals surface area contributed by atoms with Crippen LogP contribution < -0.4 is 0 Å². The summed E-state index contributed by atoms with van der Waals surface area (Å²) >= 11 is 6.61. The van der Waals surface area contributed by atoms with E-state index in [0.29, 0.717) is 10.5 Å². The van der Waals surface area contributed by atoms with Gasteiger partial charge in [-0.1, -0.05) is 11.6 Å². The number of hydrogen-bond donors (Lipinski definition) is 0. The summed E-state index contributed by atoms with van der Waals surface area (Å²) in [5.41, 5.74) is 3.49. The Bertz CT molecular complexity index is 1180. The number of halogens is 1. The first kappa shape index (κ1) is 19.2. The van der Waals surface area contributed by atoms with E-state index in [1.165, 1.54) is 0 Å². The lowest BCUT2D eigenvalue weighted by atomic mass is 10.0. The molecule has 146 valence electrons. The predicted octanol–water partition coefficient (Wildman–Crippen LogP) is 6.20. The summed E-state index contributed by atoms with van der Waals surface area (Å²) in [6.07, 6.45) is 6.39. The number of benzene rings is 1. The lowest BCUT2D eigenvalue weighted by Crippen LogP contribution is -2.27. The second-order valence-electron chi connectivity index (χ2n) is 7.71. The van der Waals surface area contributed by atoms with Crippen LogP contribution in [-0.2, 0) is 4.74 Å². The first-order chi connectivity index (χ1) is 13.8. The minimum atomic E-state index is -0.621. The third kappa shape index (κ3) is 3.87.